The largest absolute Gasteiger partial charge is 0.487 e. The summed E-state index contributed by atoms with van der Waals surface area (Å²) in [6.07, 6.45) is 5.03. The number of carbonyl (C=O) groups excluding carboxylic acids is 1. The molecule has 0 radical (unpaired) electrons. The van der Waals surface area contributed by atoms with Crippen molar-refractivity contribution in [2.24, 2.45) is 0 Å². The second-order valence-electron chi connectivity index (χ2n) is 7.37. The van der Waals surface area contributed by atoms with Gasteiger partial charge in [0.15, 0.2) is 11.6 Å². The number of piperidine rings is 2. The van der Waals surface area contributed by atoms with Gasteiger partial charge in [0.25, 0.3) is 5.91 Å². The van der Waals surface area contributed by atoms with Crippen molar-refractivity contribution < 1.29 is 18.3 Å². The van der Waals surface area contributed by atoms with Gasteiger partial charge in [0.05, 0.1) is 6.04 Å². The highest BCUT2D eigenvalue weighted by Gasteiger charge is 2.27. The van der Waals surface area contributed by atoms with E-state index in [2.05, 4.69) is 10.4 Å². The molecule has 4 rings (SSSR count). The SMILES string of the molecule is O=C(c1ccn(C2CCCNC2)n1)N1CCC(Oc2ccc(F)cc2F)CC1. The van der Waals surface area contributed by atoms with Crippen LogP contribution in [-0.2, 0) is 0 Å². The van der Waals surface area contributed by atoms with E-state index in [4.69, 9.17) is 4.74 Å². The van der Waals surface area contributed by atoms with Crippen LogP contribution in [0.4, 0.5) is 8.78 Å². The first kappa shape index (κ1) is 18.9. The van der Waals surface area contributed by atoms with Gasteiger partial charge in [-0.25, -0.2) is 8.78 Å². The van der Waals surface area contributed by atoms with Gasteiger partial charge in [-0.15, -0.1) is 0 Å². The van der Waals surface area contributed by atoms with Crippen LogP contribution in [0.2, 0.25) is 0 Å². The molecule has 2 saturated heterocycles. The zero-order chi connectivity index (χ0) is 19.5. The molecule has 1 aromatic heterocycles. The van der Waals surface area contributed by atoms with Gasteiger partial charge in [0, 0.05) is 44.7 Å². The highest BCUT2D eigenvalue weighted by atomic mass is 19.1. The maximum atomic E-state index is 13.7. The molecule has 6 nitrogen and oxygen atoms in total. The molecule has 2 aliphatic heterocycles. The predicted molar refractivity (Wildman–Crippen MR) is 99.3 cm³/mol. The molecular formula is C20H24F2N4O2. The summed E-state index contributed by atoms with van der Waals surface area (Å²) < 4.78 is 34.3. The van der Waals surface area contributed by atoms with E-state index in [1.165, 1.54) is 12.1 Å². The molecule has 2 aromatic rings. The first-order chi connectivity index (χ1) is 13.6. The second kappa shape index (κ2) is 8.26. The minimum absolute atomic E-state index is 0.0472. The molecule has 2 fully saturated rings. The molecule has 1 aromatic carbocycles. The van der Waals surface area contributed by atoms with Crippen molar-refractivity contribution in [2.75, 3.05) is 26.2 Å². The summed E-state index contributed by atoms with van der Waals surface area (Å²) >= 11 is 0. The molecule has 3 heterocycles. The van der Waals surface area contributed by atoms with Crippen molar-refractivity contribution >= 4 is 5.91 Å². The first-order valence-corrected chi connectivity index (χ1v) is 9.77. The lowest BCUT2D eigenvalue weighted by atomic mass is 10.1. The van der Waals surface area contributed by atoms with Gasteiger partial charge >= 0.3 is 0 Å². The lowest BCUT2D eigenvalue weighted by molar-refractivity contribution is 0.0581. The summed E-state index contributed by atoms with van der Waals surface area (Å²) in [4.78, 5) is 14.5. The fraction of sp³-hybridized carbons (Fsp3) is 0.500. The van der Waals surface area contributed by atoms with Crippen molar-refractivity contribution in [1.82, 2.24) is 20.0 Å². The summed E-state index contributed by atoms with van der Waals surface area (Å²) in [5.41, 5.74) is 0.453. The standard InChI is InChI=1S/C20H24F2N4O2/c21-14-3-4-19(17(22)12-14)28-16-5-9-25(10-6-16)20(27)18-7-11-26(24-18)15-2-1-8-23-13-15/h3-4,7,11-12,15-16,23H,1-2,5-6,8-10,13H2. The van der Waals surface area contributed by atoms with Crippen LogP contribution in [0, 0.1) is 11.6 Å². The topological polar surface area (TPSA) is 59.4 Å². The Balaban J connectivity index is 1.32. The molecule has 0 bridgehead atoms. The fourth-order valence-electron chi connectivity index (χ4n) is 3.80. The molecule has 0 aliphatic carbocycles. The van der Waals surface area contributed by atoms with Crippen LogP contribution in [0.25, 0.3) is 0 Å². The number of hydrogen-bond donors (Lipinski definition) is 1. The Morgan fingerprint density at radius 2 is 2.00 bits per heavy atom. The quantitative estimate of drug-likeness (QED) is 0.872. The summed E-state index contributed by atoms with van der Waals surface area (Å²) in [7, 11) is 0. The van der Waals surface area contributed by atoms with Gasteiger partial charge in [-0.2, -0.15) is 5.10 Å². The molecule has 8 heteroatoms. The number of benzene rings is 1. The minimum atomic E-state index is -0.707. The predicted octanol–water partition coefficient (Wildman–Crippen LogP) is 2.77. The number of aromatic nitrogens is 2. The number of nitrogens with zero attached hydrogens (tertiary/aromatic N) is 3. The lowest BCUT2D eigenvalue weighted by Gasteiger charge is -2.31. The van der Waals surface area contributed by atoms with Crippen molar-refractivity contribution in [1.29, 1.82) is 0 Å². The van der Waals surface area contributed by atoms with E-state index >= 15 is 0 Å². The first-order valence-electron chi connectivity index (χ1n) is 9.77. The highest BCUT2D eigenvalue weighted by Crippen LogP contribution is 2.23. The van der Waals surface area contributed by atoms with E-state index in [9.17, 15) is 13.6 Å². The summed E-state index contributed by atoms with van der Waals surface area (Å²) in [6, 6.07) is 5.35. The third-order valence-corrected chi connectivity index (χ3v) is 5.39. The van der Waals surface area contributed by atoms with Crippen molar-refractivity contribution in [3.05, 3.63) is 47.8 Å². The maximum Gasteiger partial charge on any atom is 0.274 e. The summed E-state index contributed by atoms with van der Waals surface area (Å²) in [5, 5.41) is 7.83. The van der Waals surface area contributed by atoms with E-state index in [1.807, 2.05) is 10.9 Å². The van der Waals surface area contributed by atoms with Gasteiger partial charge in [-0.1, -0.05) is 0 Å². The Labute approximate surface area is 162 Å². The summed E-state index contributed by atoms with van der Waals surface area (Å²) in [5.74, 6) is -1.38. The second-order valence-corrected chi connectivity index (χ2v) is 7.37. The van der Waals surface area contributed by atoms with Crippen LogP contribution in [-0.4, -0.2) is 52.9 Å². The number of hydrogen-bond acceptors (Lipinski definition) is 4. The van der Waals surface area contributed by atoms with Crippen LogP contribution in [0.15, 0.2) is 30.5 Å². The molecule has 1 atom stereocenters. The van der Waals surface area contributed by atoms with Gasteiger partial charge in [-0.05, 0) is 37.6 Å². The van der Waals surface area contributed by atoms with Gasteiger partial charge in [-0.3, -0.25) is 9.48 Å². The molecule has 1 amide bonds. The Kier molecular flexibility index (Phi) is 5.57. The van der Waals surface area contributed by atoms with E-state index in [0.717, 1.165) is 32.0 Å². The Morgan fingerprint density at radius 3 is 2.71 bits per heavy atom. The number of carbonyl (C=O) groups is 1. The number of likely N-dealkylation sites (tertiary alicyclic amines) is 1. The monoisotopic (exact) mass is 390 g/mol. The highest BCUT2D eigenvalue weighted by molar-refractivity contribution is 5.92. The zero-order valence-electron chi connectivity index (χ0n) is 15.6. The average Bonchev–Trinajstić information content (AvgIpc) is 3.21. The Morgan fingerprint density at radius 1 is 1.18 bits per heavy atom. The molecule has 0 saturated carbocycles. The molecule has 150 valence electrons. The number of rotatable bonds is 4. The number of nitrogens with one attached hydrogen (secondary N) is 1. The van der Waals surface area contributed by atoms with Gasteiger partial charge < -0.3 is 15.0 Å². The number of ether oxygens (including phenoxy) is 1. The normalized spacial score (nSPS) is 20.9. The van der Waals surface area contributed by atoms with Crippen LogP contribution in [0.3, 0.4) is 0 Å². The molecule has 1 unspecified atom stereocenters. The summed E-state index contributed by atoms with van der Waals surface area (Å²) in [6.45, 7) is 2.94. The van der Waals surface area contributed by atoms with Crippen LogP contribution < -0.4 is 10.1 Å². The average molecular weight is 390 g/mol. The number of amides is 1. The van der Waals surface area contributed by atoms with Crippen LogP contribution in [0.1, 0.15) is 42.2 Å². The zero-order valence-corrected chi connectivity index (χ0v) is 15.6. The molecule has 2 aliphatic rings. The lowest BCUT2D eigenvalue weighted by Crippen LogP contribution is -2.42. The molecule has 1 N–H and O–H groups in total. The molecular weight excluding hydrogens is 366 g/mol. The smallest absolute Gasteiger partial charge is 0.274 e. The van der Waals surface area contributed by atoms with E-state index in [1.54, 1.807) is 11.0 Å². The molecule has 0 spiro atoms. The third-order valence-electron chi connectivity index (χ3n) is 5.39. The number of halogens is 2. The van der Waals surface area contributed by atoms with Gasteiger partial charge in [0.2, 0.25) is 0 Å². The van der Waals surface area contributed by atoms with Crippen molar-refractivity contribution in [2.45, 2.75) is 37.8 Å². The Hall–Kier alpha value is -2.48. The van der Waals surface area contributed by atoms with Crippen LogP contribution >= 0.6 is 0 Å². The van der Waals surface area contributed by atoms with Gasteiger partial charge in [0.1, 0.15) is 17.6 Å². The van der Waals surface area contributed by atoms with E-state index in [0.29, 0.717) is 37.7 Å². The maximum absolute atomic E-state index is 13.7. The molecule has 28 heavy (non-hydrogen) atoms. The van der Waals surface area contributed by atoms with Crippen molar-refractivity contribution in [3.63, 3.8) is 0 Å². The van der Waals surface area contributed by atoms with Crippen molar-refractivity contribution in [3.8, 4) is 5.75 Å². The minimum Gasteiger partial charge on any atom is -0.487 e. The fourth-order valence-corrected chi connectivity index (χ4v) is 3.80. The van der Waals surface area contributed by atoms with E-state index < -0.39 is 11.6 Å². The van der Waals surface area contributed by atoms with Crippen LogP contribution in [0.5, 0.6) is 5.75 Å². The van der Waals surface area contributed by atoms with E-state index in [-0.39, 0.29) is 17.8 Å². The third kappa shape index (κ3) is 4.16. The Bertz CT molecular complexity index is 827.